The molecule has 2 unspecified atom stereocenters. The number of anilines is 1. The summed E-state index contributed by atoms with van der Waals surface area (Å²) in [6, 6.07) is 19.6. The summed E-state index contributed by atoms with van der Waals surface area (Å²) in [6.45, 7) is 0. The lowest BCUT2D eigenvalue weighted by molar-refractivity contribution is 0.178. The van der Waals surface area contributed by atoms with Gasteiger partial charge in [-0.2, -0.15) is 4.39 Å². The third-order valence-electron chi connectivity index (χ3n) is 5.80. The van der Waals surface area contributed by atoms with E-state index >= 15 is 0 Å². The molecule has 0 saturated carbocycles. The molecular weight excluding hydrogens is 353 g/mol. The van der Waals surface area contributed by atoms with Gasteiger partial charge < -0.3 is 10.2 Å². The van der Waals surface area contributed by atoms with Gasteiger partial charge in [-0.15, -0.1) is 0 Å². The number of urea groups is 1. The number of carbonyl (C=O) groups is 1. The van der Waals surface area contributed by atoms with Gasteiger partial charge in [0.15, 0.2) is 0 Å². The maximum atomic E-state index is 14.1. The van der Waals surface area contributed by atoms with Gasteiger partial charge in [-0.1, -0.05) is 42.5 Å². The molecule has 2 atom stereocenters. The molecule has 1 fully saturated rings. The van der Waals surface area contributed by atoms with E-state index in [0.717, 1.165) is 35.2 Å². The van der Waals surface area contributed by atoms with Crippen LogP contribution in [-0.2, 0) is 6.42 Å². The smallest absolute Gasteiger partial charge is 0.314 e. The summed E-state index contributed by atoms with van der Waals surface area (Å²) < 4.78 is 14.1. The average molecular weight is 373 g/mol. The Bertz CT molecular complexity index is 1040. The fraction of sp³-hybridized carbons (Fsp3) is 0.217. The molecule has 2 bridgehead atoms. The second-order valence-electron chi connectivity index (χ2n) is 7.40. The first kappa shape index (κ1) is 16.9. The zero-order chi connectivity index (χ0) is 19.1. The van der Waals surface area contributed by atoms with Gasteiger partial charge in [0, 0.05) is 23.5 Å². The molecule has 0 aliphatic carbocycles. The van der Waals surface area contributed by atoms with Crippen LogP contribution in [0.2, 0.25) is 0 Å². The molecule has 1 saturated heterocycles. The van der Waals surface area contributed by atoms with Crippen LogP contribution < -0.4 is 5.32 Å². The van der Waals surface area contributed by atoms with Crippen LogP contribution in [0.25, 0.3) is 11.1 Å². The van der Waals surface area contributed by atoms with E-state index in [1.807, 2.05) is 65.6 Å². The fourth-order valence-corrected chi connectivity index (χ4v) is 4.52. The Balaban J connectivity index is 1.40. The van der Waals surface area contributed by atoms with Gasteiger partial charge in [-0.3, -0.25) is 0 Å². The van der Waals surface area contributed by atoms with Crippen molar-refractivity contribution in [3.8, 4) is 11.1 Å². The van der Waals surface area contributed by atoms with Crippen LogP contribution in [0, 0.1) is 5.95 Å². The van der Waals surface area contributed by atoms with Crippen molar-refractivity contribution in [2.45, 2.75) is 31.3 Å². The van der Waals surface area contributed by atoms with Crippen molar-refractivity contribution in [3.05, 3.63) is 83.9 Å². The van der Waals surface area contributed by atoms with Crippen molar-refractivity contribution >= 4 is 11.7 Å². The van der Waals surface area contributed by atoms with E-state index in [4.69, 9.17) is 0 Å². The largest absolute Gasteiger partial charge is 0.322 e. The van der Waals surface area contributed by atoms with E-state index in [2.05, 4.69) is 10.3 Å². The Morgan fingerprint density at radius 3 is 2.71 bits per heavy atom. The standard InChI is InChI=1S/C23H20FN3O/c24-22-20-14-18-9-10-21(19(20)11-12-25-22)27(18)23(28)26-17-8-4-7-16(13-17)15-5-2-1-3-6-15/h1-8,11-13,18,21H,9-10,14H2,(H,26,28). The van der Waals surface area contributed by atoms with Gasteiger partial charge in [0.05, 0.1) is 6.04 Å². The summed E-state index contributed by atoms with van der Waals surface area (Å²) in [5.74, 6) is -0.398. The van der Waals surface area contributed by atoms with Crippen molar-refractivity contribution in [1.29, 1.82) is 0 Å². The highest BCUT2D eigenvalue weighted by molar-refractivity contribution is 5.91. The molecule has 4 nitrogen and oxygen atoms in total. The molecule has 2 aromatic carbocycles. The van der Waals surface area contributed by atoms with Gasteiger partial charge in [0.2, 0.25) is 5.95 Å². The van der Waals surface area contributed by atoms with Crippen LogP contribution in [0.3, 0.4) is 0 Å². The highest BCUT2D eigenvalue weighted by Crippen LogP contribution is 2.44. The minimum Gasteiger partial charge on any atom is -0.314 e. The quantitative estimate of drug-likeness (QED) is 0.629. The van der Waals surface area contributed by atoms with Gasteiger partial charge in [0.1, 0.15) is 0 Å². The van der Waals surface area contributed by atoms with Crippen LogP contribution in [-0.4, -0.2) is 22.0 Å². The molecule has 5 heteroatoms. The van der Waals surface area contributed by atoms with Crippen LogP contribution in [0.15, 0.2) is 66.9 Å². The van der Waals surface area contributed by atoms with E-state index in [-0.39, 0.29) is 18.1 Å². The predicted octanol–water partition coefficient (Wildman–Crippen LogP) is 5.18. The summed E-state index contributed by atoms with van der Waals surface area (Å²) in [6.07, 6.45) is 3.77. The van der Waals surface area contributed by atoms with Crippen molar-refractivity contribution in [2.75, 3.05) is 5.32 Å². The molecule has 2 aliphatic heterocycles. The predicted molar refractivity (Wildman–Crippen MR) is 106 cm³/mol. The molecule has 2 amide bonds. The summed E-state index contributed by atoms with van der Waals surface area (Å²) in [4.78, 5) is 18.7. The molecular formula is C23H20FN3O. The molecule has 5 rings (SSSR count). The number of fused-ring (bicyclic) bond motifs is 4. The molecule has 0 radical (unpaired) electrons. The number of amides is 2. The minimum atomic E-state index is -0.398. The van der Waals surface area contributed by atoms with Crippen molar-refractivity contribution in [2.24, 2.45) is 0 Å². The summed E-state index contributed by atoms with van der Waals surface area (Å²) in [7, 11) is 0. The third kappa shape index (κ3) is 2.83. The Kier molecular flexibility index (Phi) is 4.08. The first-order valence-electron chi connectivity index (χ1n) is 9.59. The first-order valence-corrected chi connectivity index (χ1v) is 9.59. The highest BCUT2D eigenvalue weighted by atomic mass is 19.1. The second-order valence-corrected chi connectivity index (χ2v) is 7.40. The molecule has 1 N–H and O–H groups in total. The first-order chi connectivity index (χ1) is 13.7. The molecule has 3 heterocycles. The number of hydrogen-bond donors (Lipinski definition) is 1. The van der Waals surface area contributed by atoms with Crippen molar-refractivity contribution in [1.82, 2.24) is 9.88 Å². The zero-order valence-corrected chi connectivity index (χ0v) is 15.3. The minimum absolute atomic E-state index is 0.0218. The molecule has 2 aliphatic rings. The lowest BCUT2D eigenvalue weighted by atomic mass is 9.95. The van der Waals surface area contributed by atoms with Gasteiger partial charge >= 0.3 is 6.03 Å². The van der Waals surface area contributed by atoms with Crippen molar-refractivity contribution < 1.29 is 9.18 Å². The van der Waals surface area contributed by atoms with Gasteiger partial charge in [-0.25, -0.2) is 9.78 Å². The Morgan fingerprint density at radius 1 is 1.04 bits per heavy atom. The Morgan fingerprint density at radius 2 is 1.86 bits per heavy atom. The normalized spacial score (nSPS) is 20.0. The number of rotatable bonds is 2. The third-order valence-corrected chi connectivity index (χ3v) is 5.80. The monoisotopic (exact) mass is 373 g/mol. The van der Waals surface area contributed by atoms with E-state index in [9.17, 15) is 9.18 Å². The number of nitrogens with zero attached hydrogens (tertiary/aromatic N) is 2. The molecule has 140 valence electrons. The highest BCUT2D eigenvalue weighted by Gasteiger charge is 2.43. The molecule has 3 aromatic rings. The lowest BCUT2D eigenvalue weighted by Crippen LogP contribution is -2.44. The molecule has 28 heavy (non-hydrogen) atoms. The number of nitrogens with one attached hydrogen (secondary N) is 1. The number of carbonyl (C=O) groups excluding carboxylic acids is 1. The van der Waals surface area contributed by atoms with Gasteiger partial charge in [-0.05, 0) is 54.2 Å². The topological polar surface area (TPSA) is 45.2 Å². The van der Waals surface area contributed by atoms with Crippen LogP contribution in [0.1, 0.15) is 30.0 Å². The number of benzene rings is 2. The molecule has 0 spiro atoms. The second kappa shape index (κ2) is 6.75. The SMILES string of the molecule is O=C(Nc1cccc(-c2ccccc2)c1)N1C2CCC1c1ccnc(F)c1C2. The van der Waals surface area contributed by atoms with E-state index in [1.165, 1.54) is 6.20 Å². The lowest BCUT2D eigenvalue weighted by Gasteiger charge is -2.36. The summed E-state index contributed by atoms with van der Waals surface area (Å²) >= 11 is 0. The average Bonchev–Trinajstić information content (AvgIpc) is 3.05. The van der Waals surface area contributed by atoms with Crippen LogP contribution >= 0.6 is 0 Å². The summed E-state index contributed by atoms with van der Waals surface area (Å²) in [5.41, 5.74) is 4.49. The number of hydrogen-bond acceptors (Lipinski definition) is 2. The van der Waals surface area contributed by atoms with Gasteiger partial charge in [0.25, 0.3) is 0 Å². The van der Waals surface area contributed by atoms with Crippen molar-refractivity contribution in [3.63, 3.8) is 0 Å². The number of pyridine rings is 1. The Labute approximate surface area is 163 Å². The fourth-order valence-electron chi connectivity index (χ4n) is 4.52. The zero-order valence-electron chi connectivity index (χ0n) is 15.3. The molecule has 1 aromatic heterocycles. The number of aromatic nitrogens is 1. The van der Waals surface area contributed by atoms with Crippen LogP contribution in [0.5, 0.6) is 0 Å². The van der Waals surface area contributed by atoms with E-state index < -0.39 is 5.95 Å². The van der Waals surface area contributed by atoms with E-state index in [0.29, 0.717) is 12.0 Å². The maximum Gasteiger partial charge on any atom is 0.322 e. The van der Waals surface area contributed by atoms with Crippen LogP contribution in [0.4, 0.5) is 14.9 Å². The number of halogens is 1. The van der Waals surface area contributed by atoms with E-state index in [1.54, 1.807) is 0 Å². The summed E-state index contributed by atoms with van der Waals surface area (Å²) in [5, 5.41) is 3.05. The Hall–Kier alpha value is -3.21. The maximum absolute atomic E-state index is 14.1.